The monoisotopic (exact) mass is 317 g/mol. The number of benzene rings is 1. The third-order valence-corrected chi connectivity index (χ3v) is 2.71. The molecule has 2 aromatic rings. The number of halogens is 2. The molecule has 0 spiro atoms. The van der Waals surface area contributed by atoms with E-state index in [0.29, 0.717) is 11.1 Å². The zero-order valence-electron chi connectivity index (χ0n) is 6.96. The number of ketones is 1. The van der Waals surface area contributed by atoms with Crippen molar-refractivity contribution in [3.63, 3.8) is 0 Å². The molecule has 0 saturated heterocycles. The molecule has 0 aliphatic rings. The highest BCUT2D eigenvalue weighted by Gasteiger charge is 2.12. The second-order valence-corrected chi connectivity index (χ2v) is 4.16. The smallest absolute Gasteiger partial charge is 0.265 e. The summed E-state index contributed by atoms with van der Waals surface area (Å²) in [7, 11) is 0. The summed E-state index contributed by atoms with van der Waals surface area (Å²) in [5.74, 6) is -0.00713. The van der Waals surface area contributed by atoms with Gasteiger partial charge in [0.1, 0.15) is 5.52 Å². The number of rotatable bonds is 2. The van der Waals surface area contributed by atoms with Crippen LogP contribution in [0.3, 0.4) is 0 Å². The number of aromatic nitrogens is 1. The number of Topliss-reactive ketones (excluding diaryl/α,β-unsaturated/α-hetero) is 1. The molecule has 0 bridgehead atoms. The molecule has 2 rings (SSSR count). The van der Waals surface area contributed by atoms with Crippen molar-refractivity contribution in [3.8, 4) is 0 Å². The lowest BCUT2D eigenvalue weighted by molar-refractivity contribution is 0.0989. The molecule has 0 N–H and O–H groups in total. The summed E-state index contributed by atoms with van der Waals surface area (Å²) in [4.78, 5) is 15.3. The normalized spacial score (nSPS) is 10.7. The van der Waals surface area contributed by atoms with Crippen LogP contribution in [-0.2, 0) is 0 Å². The van der Waals surface area contributed by atoms with Crippen molar-refractivity contribution < 1.29 is 9.21 Å². The highest BCUT2D eigenvalue weighted by atomic mass is 79.9. The first-order chi connectivity index (χ1) is 6.70. The molecule has 1 heterocycles. The minimum absolute atomic E-state index is 0.148. The minimum Gasteiger partial charge on any atom is -0.434 e. The molecule has 14 heavy (non-hydrogen) atoms. The highest BCUT2D eigenvalue weighted by molar-refractivity contribution is 9.10. The second kappa shape index (κ2) is 3.82. The van der Waals surface area contributed by atoms with Gasteiger partial charge in [0.15, 0.2) is 5.58 Å². The summed E-state index contributed by atoms with van der Waals surface area (Å²) in [6.07, 6.45) is 0. The lowest BCUT2D eigenvalue weighted by Gasteiger charge is -1.86. The van der Waals surface area contributed by atoms with Gasteiger partial charge in [0, 0.05) is 4.47 Å². The highest BCUT2D eigenvalue weighted by Crippen LogP contribution is 2.20. The van der Waals surface area contributed by atoms with Gasteiger partial charge in [0.05, 0.1) is 5.33 Å². The molecule has 1 aromatic heterocycles. The predicted octanol–water partition coefficient (Wildman–Crippen LogP) is 3.17. The van der Waals surface area contributed by atoms with Crippen molar-refractivity contribution in [2.75, 3.05) is 5.33 Å². The summed E-state index contributed by atoms with van der Waals surface area (Å²) in [6.45, 7) is 0. The number of alkyl halides is 1. The van der Waals surface area contributed by atoms with Crippen LogP contribution in [0.4, 0.5) is 0 Å². The van der Waals surface area contributed by atoms with E-state index in [-0.39, 0.29) is 17.0 Å². The van der Waals surface area contributed by atoms with Gasteiger partial charge in [0.2, 0.25) is 5.78 Å². The third kappa shape index (κ3) is 1.74. The fourth-order valence-corrected chi connectivity index (χ4v) is 1.65. The number of nitrogens with zero attached hydrogens (tertiary/aromatic N) is 1. The maximum atomic E-state index is 11.3. The van der Waals surface area contributed by atoms with Crippen LogP contribution in [0.15, 0.2) is 27.1 Å². The predicted molar refractivity (Wildman–Crippen MR) is 59.8 cm³/mol. The Kier molecular flexibility index (Phi) is 2.69. The van der Waals surface area contributed by atoms with Gasteiger partial charge in [-0.25, -0.2) is 4.98 Å². The zero-order chi connectivity index (χ0) is 10.1. The maximum Gasteiger partial charge on any atom is 0.265 e. The van der Waals surface area contributed by atoms with E-state index < -0.39 is 0 Å². The standard InChI is InChI=1S/C9H5Br2NO2/c10-4-7(13)9-12-6-2-1-5(11)3-8(6)14-9/h1-3H,4H2. The molecule has 3 nitrogen and oxygen atoms in total. The molecule has 0 atom stereocenters. The molecule has 1 aromatic carbocycles. The van der Waals surface area contributed by atoms with Crippen molar-refractivity contribution >= 4 is 48.7 Å². The van der Waals surface area contributed by atoms with Crippen LogP contribution >= 0.6 is 31.9 Å². The van der Waals surface area contributed by atoms with E-state index in [1.54, 1.807) is 12.1 Å². The molecule has 0 saturated carbocycles. The molecule has 0 radical (unpaired) electrons. The first-order valence-corrected chi connectivity index (χ1v) is 5.77. The number of hydrogen-bond acceptors (Lipinski definition) is 3. The Hall–Kier alpha value is -0.680. The quantitative estimate of drug-likeness (QED) is 0.631. The number of fused-ring (bicyclic) bond motifs is 1. The molecular formula is C9H5Br2NO2. The van der Waals surface area contributed by atoms with Crippen LogP contribution in [0.2, 0.25) is 0 Å². The first kappa shape index (κ1) is 9.86. The molecule has 5 heteroatoms. The van der Waals surface area contributed by atoms with Gasteiger partial charge in [-0.05, 0) is 18.2 Å². The Morgan fingerprint density at radius 3 is 3.00 bits per heavy atom. The third-order valence-electron chi connectivity index (χ3n) is 1.71. The number of oxazole rings is 1. The van der Waals surface area contributed by atoms with Crippen LogP contribution in [-0.4, -0.2) is 16.1 Å². The fourth-order valence-electron chi connectivity index (χ4n) is 1.07. The molecule has 72 valence electrons. The van der Waals surface area contributed by atoms with Gasteiger partial charge in [0.25, 0.3) is 5.89 Å². The Balaban J connectivity index is 2.56. The van der Waals surface area contributed by atoms with E-state index >= 15 is 0 Å². The van der Waals surface area contributed by atoms with Crippen molar-refractivity contribution in [2.45, 2.75) is 0 Å². The lowest BCUT2D eigenvalue weighted by Crippen LogP contribution is -1.99. The van der Waals surface area contributed by atoms with E-state index in [1.807, 2.05) is 6.07 Å². The summed E-state index contributed by atoms with van der Waals surface area (Å²) < 4.78 is 6.18. The number of carbonyl (C=O) groups is 1. The first-order valence-electron chi connectivity index (χ1n) is 3.86. The summed E-state index contributed by atoms with van der Waals surface area (Å²) in [6, 6.07) is 5.44. The van der Waals surface area contributed by atoms with Crippen LogP contribution in [0.25, 0.3) is 11.1 Å². The Morgan fingerprint density at radius 1 is 1.50 bits per heavy atom. The summed E-state index contributed by atoms with van der Waals surface area (Å²) >= 11 is 6.38. The van der Waals surface area contributed by atoms with Gasteiger partial charge in [-0.1, -0.05) is 31.9 Å². The molecule has 0 aliphatic heterocycles. The zero-order valence-corrected chi connectivity index (χ0v) is 10.1. The van der Waals surface area contributed by atoms with Gasteiger partial charge in [-0.3, -0.25) is 4.79 Å². The van der Waals surface area contributed by atoms with E-state index in [9.17, 15) is 4.79 Å². The fraction of sp³-hybridized carbons (Fsp3) is 0.111. The Bertz CT molecular complexity index is 493. The summed E-state index contributed by atoms with van der Waals surface area (Å²) in [5, 5.41) is 0.223. The lowest BCUT2D eigenvalue weighted by atomic mass is 10.3. The van der Waals surface area contributed by atoms with Gasteiger partial charge >= 0.3 is 0 Å². The van der Waals surface area contributed by atoms with E-state index in [1.165, 1.54) is 0 Å². The van der Waals surface area contributed by atoms with Crippen molar-refractivity contribution in [3.05, 3.63) is 28.6 Å². The van der Waals surface area contributed by atoms with E-state index in [0.717, 1.165) is 4.47 Å². The molecular weight excluding hydrogens is 314 g/mol. The minimum atomic E-state index is -0.155. The van der Waals surface area contributed by atoms with Crippen molar-refractivity contribution in [1.82, 2.24) is 4.98 Å². The SMILES string of the molecule is O=C(CBr)c1nc2ccc(Br)cc2o1. The largest absolute Gasteiger partial charge is 0.434 e. The second-order valence-electron chi connectivity index (χ2n) is 2.69. The number of carbonyl (C=O) groups excluding carboxylic acids is 1. The van der Waals surface area contributed by atoms with Crippen LogP contribution in [0, 0.1) is 0 Å². The molecule has 0 fully saturated rings. The van der Waals surface area contributed by atoms with Crippen LogP contribution in [0.5, 0.6) is 0 Å². The molecule has 0 unspecified atom stereocenters. The van der Waals surface area contributed by atoms with Gasteiger partial charge in [-0.2, -0.15) is 0 Å². The topological polar surface area (TPSA) is 43.1 Å². The Labute approximate surface area is 96.8 Å². The van der Waals surface area contributed by atoms with Gasteiger partial charge < -0.3 is 4.42 Å². The van der Waals surface area contributed by atoms with E-state index in [4.69, 9.17) is 4.42 Å². The molecule has 0 amide bonds. The van der Waals surface area contributed by atoms with E-state index in [2.05, 4.69) is 36.8 Å². The van der Waals surface area contributed by atoms with Crippen LogP contribution < -0.4 is 0 Å². The molecule has 0 aliphatic carbocycles. The average Bonchev–Trinajstić information content (AvgIpc) is 2.59. The summed E-state index contributed by atoms with van der Waals surface area (Å²) in [5.41, 5.74) is 1.31. The van der Waals surface area contributed by atoms with Crippen molar-refractivity contribution in [1.29, 1.82) is 0 Å². The maximum absolute atomic E-state index is 11.3. The Morgan fingerprint density at radius 2 is 2.29 bits per heavy atom. The van der Waals surface area contributed by atoms with Gasteiger partial charge in [-0.15, -0.1) is 0 Å². The van der Waals surface area contributed by atoms with Crippen molar-refractivity contribution in [2.24, 2.45) is 0 Å². The average molecular weight is 319 g/mol. The number of hydrogen-bond donors (Lipinski definition) is 0. The van der Waals surface area contributed by atoms with Crippen LogP contribution in [0.1, 0.15) is 10.7 Å².